The van der Waals surface area contributed by atoms with E-state index < -0.39 is 106 Å². The molecule has 1 unspecified atom stereocenters. The zero-order valence-corrected chi connectivity index (χ0v) is 27.6. The minimum absolute atomic E-state index is 0.250. The third-order valence-corrected chi connectivity index (χ3v) is 11.4. The fourth-order valence-corrected chi connectivity index (χ4v) is 9.43. The molecule has 1 aromatic rings. The summed E-state index contributed by atoms with van der Waals surface area (Å²) in [5.74, 6) is -6.67. The number of ether oxygens (including phenoxy) is 6. The van der Waals surface area contributed by atoms with Crippen molar-refractivity contribution in [3.8, 4) is 0 Å². The van der Waals surface area contributed by atoms with Gasteiger partial charge in [-0.05, 0) is 18.9 Å². The van der Waals surface area contributed by atoms with E-state index in [1.54, 1.807) is 40.7 Å². The second-order valence-corrected chi connectivity index (χ2v) is 14.1. The van der Waals surface area contributed by atoms with Crippen molar-refractivity contribution in [3.05, 3.63) is 24.2 Å². The van der Waals surface area contributed by atoms with E-state index in [4.69, 9.17) is 32.8 Å². The Labute approximate surface area is 266 Å². The molecule has 13 heteroatoms. The number of rotatable bonds is 6. The van der Waals surface area contributed by atoms with Gasteiger partial charge in [-0.3, -0.25) is 28.8 Å². The Bertz CT molecular complexity index is 1450. The summed E-state index contributed by atoms with van der Waals surface area (Å²) < 4.78 is 41.6. The van der Waals surface area contributed by atoms with Crippen LogP contribution < -0.4 is 0 Å². The molecule has 5 fully saturated rings. The van der Waals surface area contributed by atoms with E-state index in [0.717, 1.165) is 0 Å². The van der Waals surface area contributed by atoms with Crippen molar-refractivity contribution in [2.45, 2.75) is 104 Å². The van der Waals surface area contributed by atoms with Gasteiger partial charge in [-0.1, -0.05) is 27.7 Å². The van der Waals surface area contributed by atoms with Gasteiger partial charge >= 0.3 is 29.8 Å². The maximum atomic E-state index is 14.9. The molecule has 1 aromatic heterocycles. The molecule has 2 bridgehead atoms. The maximum Gasteiger partial charge on any atom is 0.309 e. The first kappa shape index (κ1) is 33.6. The third kappa shape index (κ3) is 4.59. The number of cyclic esters (lactones) is 1. The lowest BCUT2D eigenvalue weighted by Crippen LogP contribution is -2.72. The number of furan rings is 1. The number of carbonyl (C=O) groups is 6. The van der Waals surface area contributed by atoms with Crippen LogP contribution in [0.3, 0.4) is 0 Å². The lowest BCUT2D eigenvalue weighted by molar-refractivity contribution is -0.302. The molecule has 46 heavy (non-hydrogen) atoms. The monoisotopic (exact) mass is 646 g/mol. The van der Waals surface area contributed by atoms with Crippen molar-refractivity contribution in [1.82, 2.24) is 0 Å². The first-order valence-corrected chi connectivity index (χ1v) is 15.4. The van der Waals surface area contributed by atoms with Gasteiger partial charge in [-0.25, -0.2) is 0 Å². The van der Waals surface area contributed by atoms with E-state index in [1.165, 1.54) is 40.4 Å². The zero-order valence-electron chi connectivity index (χ0n) is 27.6. The summed E-state index contributed by atoms with van der Waals surface area (Å²) in [5.41, 5.74) is -5.23. The molecule has 5 aliphatic rings. The van der Waals surface area contributed by atoms with Gasteiger partial charge in [0.1, 0.15) is 35.8 Å². The van der Waals surface area contributed by atoms with Crippen LogP contribution in [0.5, 0.6) is 0 Å². The third-order valence-electron chi connectivity index (χ3n) is 11.4. The first-order valence-electron chi connectivity index (χ1n) is 15.4. The van der Waals surface area contributed by atoms with Gasteiger partial charge in [0.05, 0.1) is 37.4 Å². The normalized spacial score (nSPS) is 40.8. The van der Waals surface area contributed by atoms with E-state index in [9.17, 15) is 28.8 Å². The summed E-state index contributed by atoms with van der Waals surface area (Å²) in [6.07, 6.45) is -3.87. The molecule has 252 valence electrons. The molecule has 2 aliphatic carbocycles. The number of hydrogen-bond donors (Lipinski definition) is 0. The molecule has 1 spiro atoms. The average Bonchev–Trinajstić information content (AvgIpc) is 3.46. The minimum atomic E-state index is -1.68. The highest BCUT2D eigenvalue weighted by molar-refractivity contribution is 5.90. The Morgan fingerprint density at radius 3 is 2.09 bits per heavy atom. The Morgan fingerprint density at radius 1 is 0.935 bits per heavy atom. The molecule has 2 saturated carbocycles. The Kier molecular flexibility index (Phi) is 8.19. The predicted octanol–water partition coefficient (Wildman–Crippen LogP) is 3.27. The maximum absolute atomic E-state index is 14.9. The van der Waals surface area contributed by atoms with Crippen LogP contribution in [-0.4, -0.2) is 72.8 Å². The van der Waals surface area contributed by atoms with E-state index in [1.807, 2.05) is 0 Å². The average molecular weight is 647 g/mol. The Hall–Kier alpha value is -3.74. The van der Waals surface area contributed by atoms with Crippen LogP contribution in [-0.2, 0) is 57.2 Å². The first-order chi connectivity index (χ1) is 21.4. The molecule has 11 atom stereocenters. The van der Waals surface area contributed by atoms with Crippen LogP contribution in [0.2, 0.25) is 0 Å². The number of methoxy groups -OCH3 is 1. The van der Waals surface area contributed by atoms with Crippen LogP contribution in [0.1, 0.15) is 79.9 Å². The molecule has 0 N–H and O–H groups in total. The highest BCUT2D eigenvalue weighted by Crippen LogP contribution is 2.72. The molecule has 3 saturated heterocycles. The summed E-state index contributed by atoms with van der Waals surface area (Å²) in [7, 11) is 1.24. The van der Waals surface area contributed by atoms with Crippen LogP contribution in [0.4, 0.5) is 0 Å². The topological polar surface area (TPSA) is 171 Å². The van der Waals surface area contributed by atoms with Crippen molar-refractivity contribution < 1.29 is 61.6 Å². The van der Waals surface area contributed by atoms with Gasteiger partial charge in [0.25, 0.3) is 0 Å². The van der Waals surface area contributed by atoms with Gasteiger partial charge in [0.15, 0.2) is 6.10 Å². The van der Waals surface area contributed by atoms with E-state index in [0.29, 0.717) is 5.56 Å². The van der Waals surface area contributed by atoms with Crippen LogP contribution >= 0.6 is 0 Å². The molecule has 13 nitrogen and oxygen atoms in total. The van der Waals surface area contributed by atoms with Crippen molar-refractivity contribution in [2.75, 3.05) is 7.11 Å². The smallest absolute Gasteiger partial charge is 0.309 e. The molecule has 6 rings (SSSR count). The Balaban J connectivity index is 1.89. The molecule has 0 radical (unpaired) electrons. The van der Waals surface area contributed by atoms with Crippen molar-refractivity contribution >= 4 is 35.6 Å². The van der Waals surface area contributed by atoms with E-state index in [-0.39, 0.29) is 12.2 Å². The molecule has 0 aromatic carbocycles. The van der Waals surface area contributed by atoms with E-state index in [2.05, 4.69) is 0 Å². The van der Waals surface area contributed by atoms with Crippen molar-refractivity contribution in [3.63, 3.8) is 0 Å². The van der Waals surface area contributed by atoms with Gasteiger partial charge in [0.2, 0.25) is 0 Å². The molecule has 4 heterocycles. The predicted molar refractivity (Wildman–Crippen MR) is 154 cm³/mol. The summed E-state index contributed by atoms with van der Waals surface area (Å²) in [6, 6.07) is 1.62. The summed E-state index contributed by atoms with van der Waals surface area (Å²) in [6.45, 7) is 12.3. The molecule has 3 aliphatic heterocycles. The molecular formula is C33H42O13. The fraction of sp³-hybridized carbons (Fsp3) is 0.697. The number of esters is 5. The zero-order chi connectivity index (χ0) is 34.1. The summed E-state index contributed by atoms with van der Waals surface area (Å²) in [5, 5.41) is 0. The Morgan fingerprint density at radius 2 is 1.54 bits per heavy atom. The molecule has 0 amide bonds. The van der Waals surface area contributed by atoms with Gasteiger partial charge in [-0.15, -0.1) is 0 Å². The molecular weight excluding hydrogens is 604 g/mol. The summed E-state index contributed by atoms with van der Waals surface area (Å²) in [4.78, 5) is 79.8. The van der Waals surface area contributed by atoms with Crippen LogP contribution in [0.15, 0.2) is 23.0 Å². The van der Waals surface area contributed by atoms with Crippen LogP contribution in [0, 0.1) is 34.0 Å². The quantitative estimate of drug-likeness (QED) is 0.326. The number of ketones is 1. The van der Waals surface area contributed by atoms with E-state index >= 15 is 0 Å². The van der Waals surface area contributed by atoms with Gasteiger partial charge < -0.3 is 32.8 Å². The number of fused-ring (bicyclic) bond motifs is 1. The van der Waals surface area contributed by atoms with Gasteiger partial charge in [-0.2, -0.15) is 0 Å². The minimum Gasteiger partial charge on any atom is -0.472 e. The van der Waals surface area contributed by atoms with Crippen LogP contribution in [0.25, 0.3) is 0 Å². The fourth-order valence-electron chi connectivity index (χ4n) is 9.43. The highest BCUT2D eigenvalue weighted by atomic mass is 16.6. The number of hydrogen-bond acceptors (Lipinski definition) is 13. The summed E-state index contributed by atoms with van der Waals surface area (Å²) >= 11 is 0. The van der Waals surface area contributed by atoms with Crippen molar-refractivity contribution in [2.24, 2.45) is 34.0 Å². The number of carbonyl (C=O) groups excluding carboxylic acids is 6. The SMILES string of the molecule is COC(=O)CC1C(C)(C)[C@H](OC(C)=O)[C@H](OC(C)=O)[C@@H]2O[C@]34CC(=O)O[C@@H](c5ccoc5)[C@]3(C)[C@@H](OC(C)=O)[C@@H](C(=O)[C@H]4C)[C@]12C. The number of Topliss-reactive ketones (excluding diaryl/α,β-unsaturated/α-hetero) is 1. The lowest BCUT2D eigenvalue weighted by Gasteiger charge is -2.62. The lowest BCUT2D eigenvalue weighted by atomic mass is 9.42. The van der Waals surface area contributed by atoms with Gasteiger partial charge in [0, 0.05) is 49.5 Å². The standard InChI is InChI=1S/C33H42O13/c1-15-24(39)23-27(43-17(3)35)32(8)26(19-10-11-41-14-19)45-22(38)13-33(15,32)46-29-25(42-16(2)34)28(44-18(4)36)30(5,6)20(31(23,29)7)12-21(37)40-9/h10-11,14-15,20,23,25-29H,12-13H2,1-9H3/t15-,20?,23-,25+,26+,27+,28-,29+,31+,32-,33+/m1/s1. The highest BCUT2D eigenvalue weighted by Gasteiger charge is 2.82. The second kappa shape index (κ2) is 11.2. The second-order valence-electron chi connectivity index (χ2n) is 14.1. The largest absolute Gasteiger partial charge is 0.472 e. The van der Waals surface area contributed by atoms with Crippen molar-refractivity contribution in [1.29, 1.82) is 0 Å².